The number of alkyl halides is 2. The molecule has 0 bridgehead atoms. The molecule has 134 valence electrons. The van der Waals surface area contributed by atoms with Crippen molar-refractivity contribution in [3.63, 3.8) is 0 Å². The van der Waals surface area contributed by atoms with E-state index in [9.17, 15) is 13.6 Å². The number of nitrogens with zero attached hydrogens (tertiary/aromatic N) is 2. The van der Waals surface area contributed by atoms with Crippen molar-refractivity contribution in [2.45, 2.75) is 30.4 Å². The van der Waals surface area contributed by atoms with Crippen molar-refractivity contribution in [1.82, 2.24) is 9.55 Å². The number of carbonyl (C=O) groups is 1. The molecule has 0 radical (unpaired) electrons. The molecule has 3 aromatic rings. The van der Waals surface area contributed by atoms with Crippen molar-refractivity contribution in [3.8, 4) is 0 Å². The highest BCUT2D eigenvalue weighted by Gasteiger charge is 2.28. The average molecular weight is 374 g/mol. The van der Waals surface area contributed by atoms with E-state index in [4.69, 9.17) is 4.74 Å². The maximum atomic E-state index is 13.4. The molecule has 0 saturated carbocycles. The number of carbonyl (C=O) groups excluding carboxylic acids is 1. The second kappa shape index (κ2) is 7.07. The Balaban J connectivity index is 1.56. The summed E-state index contributed by atoms with van der Waals surface area (Å²) in [5, 5.41) is 0. The molecule has 2 heterocycles. The molecular weight excluding hydrogens is 358 g/mol. The van der Waals surface area contributed by atoms with Gasteiger partial charge in [-0.15, -0.1) is 11.8 Å². The van der Waals surface area contributed by atoms with Gasteiger partial charge in [-0.1, -0.05) is 30.3 Å². The summed E-state index contributed by atoms with van der Waals surface area (Å²) in [5.41, 5.74) is 1.72. The van der Waals surface area contributed by atoms with Crippen LogP contribution >= 0.6 is 11.8 Å². The van der Waals surface area contributed by atoms with Crippen molar-refractivity contribution in [2.75, 3.05) is 5.75 Å². The largest absolute Gasteiger partial charge is 0.457 e. The number of imidazole rings is 1. The van der Waals surface area contributed by atoms with Gasteiger partial charge in [-0.25, -0.2) is 4.98 Å². The second-order valence-corrected chi connectivity index (χ2v) is 7.14. The summed E-state index contributed by atoms with van der Waals surface area (Å²) < 4.78 is 33.1. The minimum Gasteiger partial charge on any atom is -0.457 e. The lowest BCUT2D eigenvalue weighted by Gasteiger charge is -2.23. The Hall–Kier alpha value is -2.41. The fourth-order valence-corrected chi connectivity index (χ4v) is 4.36. The Bertz CT molecular complexity index is 958. The SMILES string of the molecule is O=C(OCc1nc2ccccc2n1C(F)F)C1CCSc2ccccc21. The molecule has 1 aliphatic heterocycles. The zero-order chi connectivity index (χ0) is 18.1. The molecule has 1 atom stereocenters. The first-order valence-electron chi connectivity index (χ1n) is 8.27. The maximum Gasteiger partial charge on any atom is 0.320 e. The Morgan fingerprint density at radius 1 is 1.23 bits per heavy atom. The summed E-state index contributed by atoms with van der Waals surface area (Å²) in [6.07, 6.45) is 0.672. The van der Waals surface area contributed by atoms with Crippen molar-refractivity contribution in [3.05, 3.63) is 59.9 Å². The number of ether oxygens (including phenoxy) is 1. The van der Waals surface area contributed by atoms with Gasteiger partial charge in [-0.3, -0.25) is 9.36 Å². The van der Waals surface area contributed by atoms with Crippen LogP contribution in [0.4, 0.5) is 8.78 Å². The molecule has 26 heavy (non-hydrogen) atoms. The van der Waals surface area contributed by atoms with Gasteiger partial charge in [-0.05, 0) is 35.9 Å². The van der Waals surface area contributed by atoms with Gasteiger partial charge in [0, 0.05) is 4.90 Å². The lowest BCUT2D eigenvalue weighted by atomic mass is 9.96. The van der Waals surface area contributed by atoms with Crippen LogP contribution in [-0.4, -0.2) is 21.3 Å². The Morgan fingerprint density at radius 3 is 2.85 bits per heavy atom. The van der Waals surface area contributed by atoms with E-state index in [0.29, 0.717) is 17.5 Å². The molecule has 0 amide bonds. The summed E-state index contributed by atoms with van der Waals surface area (Å²) in [4.78, 5) is 17.8. The second-order valence-electron chi connectivity index (χ2n) is 6.00. The molecule has 0 fully saturated rings. The van der Waals surface area contributed by atoms with Crippen molar-refractivity contribution >= 4 is 28.8 Å². The minimum atomic E-state index is -2.75. The topological polar surface area (TPSA) is 44.1 Å². The molecule has 0 aliphatic carbocycles. The molecule has 4 nitrogen and oxygen atoms in total. The summed E-state index contributed by atoms with van der Waals surface area (Å²) in [5.74, 6) is 0.113. The van der Waals surface area contributed by atoms with Crippen molar-refractivity contribution in [1.29, 1.82) is 0 Å². The van der Waals surface area contributed by atoms with Gasteiger partial charge in [0.15, 0.2) is 5.82 Å². The van der Waals surface area contributed by atoms with Gasteiger partial charge in [0.2, 0.25) is 0 Å². The summed E-state index contributed by atoms with van der Waals surface area (Å²) in [6.45, 7) is -3.02. The van der Waals surface area contributed by atoms with Crippen LogP contribution in [0.3, 0.4) is 0 Å². The standard InChI is InChI=1S/C19H16F2N2O2S/c20-19(21)23-15-7-3-2-6-14(15)22-17(23)11-25-18(24)13-9-10-26-16-8-4-1-5-12(13)16/h1-8,13,19H,9-11H2. The van der Waals surface area contributed by atoms with Gasteiger partial charge in [0.05, 0.1) is 17.0 Å². The average Bonchev–Trinajstić information content (AvgIpc) is 3.04. The summed E-state index contributed by atoms with van der Waals surface area (Å²) >= 11 is 1.71. The lowest BCUT2D eigenvalue weighted by molar-refractivity contribution is -0.147. The number of hydrogen-bond donors (Lipinski definition) is 0. The van der Waals surface area contributed by atoms with Crippen molar-refractivity contribution < 1.29 is 18.3 Å². The summed E-state index contributed by atoms with van der Waals surface area (Å²) in [7, 11) is 0. The molecule has 0 saturated heterocycles. The van der Waals surface area contributed by atoms with Crippen LogP contribution in [0.25, 0.3) is 11.0 Å². The van der Waals surface area contributed by atoms with Crippen molar-refractivity contribution in [2.24, 2.45) is 0 Å². The molecule has 7 heteroatoms. The van der Waals surface area contributed by atoms with E-state index in [-0.39, 0.29) is 18.3 Å². The number of rotatable bonds is 4. The van der Waals surface area contributed by atoms with E-state index in [1.807, 2.05) is 24.3 Å². The van der Waals surface area contributed by atoms with Gasteiger partial charge in [0.25, 0.3) is 0 Å². The monoisotopic (exact) mass is 374 g/mol. The Labute approximate surface area is 153 Å². The molecule has 1 aromatic heterocycles. The smallest absolute Gasteiger partial charge is 0.320 e. The fourth-order valence-electron chi connectivity index (χ4n) is 3.24. The van der Waals surface area contributed by atoms with Gasteiger partial charge in [0.1, 0.15) is 6.61 Å². The fraction of sp³-hybridized carbons (Fsp3) is 0.263. The summed E-state index contributed by atoms with van der Waals surface area (Å²) in [6, 6.07) is 14.4. The van der Waals surface area contributed by atoms with E-state index in [1.165, 1.54) is 0 Å². The molecule has 4 rings (SSSR count). The number of hydrogen-bond acceptors (Lipinski definition) is 4. The molecule has 0 N–H and O–H groups in total. The van der Waals surface area contributed by atoms with Crippen LogP contribution < -0.4 is 0 Å². The highest BCUT2D eigenvalue weighted by Crippen LogP contribution is 2.38. The maximum absolute atomic E-state index is 13.4. The lowest BCUT2D eigenvalue weighted by Crippen LogP contribution is -2.20. The predicted octanol–water partition coefficient (Wildman–Crippen LogP) is 4.75. The first-order chi connectivity index (χ1) is 12.6. The number of benzene rings is 2. The number of halogens is 2. The molecular formula is C19H16F2N2O2S. The highest BCUT2D eigenvalue weighted by atomic mass is 32.2. The quantitative estimate of drug-likeness (QED) is 0.618. The first kappa shape index (κ1) is 17.0. The Morgan fingerprint density at radius 2 is 2.00 bits per heavy atom. The minimum absolute atomic E-state index is 0.0491. The van der Waals surface area contributed by atoms with Crippen LogP contribution in [0.5, 0.6) is 0 Å². The number of aromatic nitrogens is 2. The molecule has 1 aliphatic rings. The van der Waals surface area contributed by atoms with Gasteiger partial charge < -0.3 is 4.74 Å². The molecule has 2 aromatic carbocycles. The Kier molecular flexibility index (Phi) is 4.63. The van der Waals surface area contributed by atoms with E-state index < -0.39 is 12.5 Å². The van der Waals surface area contributed by atoms with E-state index >= 15 is 0 Å². The van der Waals surface area contributed by atoms with E-state index in [1.54, 1.807) is 36.0 Å². The third-order valence-electron chi connectivity index (χ3n) is 4.45. The normalized spacial score (nSPS) is 16.7. The number of esters is 1. The number of para-hydroxylation sites is 2. The van der Waals surface area contributed by atoms with E-state index in [0.717, 1.165) is 20.8 Å². The van der Waals surface area contributed by atoms with Gasteiger partial charge in [-0.2, -0.15) is 8.78 Å². The third-order valence-corrected chi connectivity index (χ3v) is 5.57. The number of fused-ring (bicyclic) bond motifs is 2. The van der Waals surface area contributed by atoms with Crippen LogP contribution in [0.2, 0.25) is 0 Å². The molecule has 1 unspecified atom stereocenters. The molecule has 0 spiro atoms. The predicted molar refractivity (Wildman–Crippen MR) is 95.3 cm³/mol. The number of thioether (sulfide) groups is 1. The zero-order valence-corrected chi connectivity index (χ0v) is 14.6. The van der Waals surface area contributed by atoms with Crippen LogP contribution in [0.1, 0.15) is 30.3 Å². The van der Waals surface area contributed by atoms with Crippen LogP contribution in [0.15, 0.2) is 53.4 Å². The highest BCUT2D eigenvalue weighted by molar-refractivity contribution is 7.99. The van der Waals surface area contributed by atoms with Crippen LogP contribution in [0, 0.1) is 0 Å². The van der Waals surface area contributed by atoms with E-state index in [2.05, 4.69) is 4.98 Å². The zero-order valence-electron chi connectivity index (χ0n) is 13.8. The third kappa shape index (κ3) is 3.07. The van der Waals surface area contributed by atoms with Gasteiger partial charge >= 0.3 is 12.5 Å². The van der Waals surface area contributed by atoms with Crippen LogP contribution in [-0.2, 0) is 16.1 Å². The first-order valence-corrected chi connectivity index (χ1v) is 9.26.